The molecule has 402 valence electrons. The zero-order valence-corrected chi connectivity index (χ0v) is 42.7. The number of rotatable bonds is 21. The van der Waals surface area contributed by atoms with Crippen LogP contribution in [0, 0.1) is 11.8 Å². The molecule has 2 saturated heterocycles. The second-order valence-electron chi connectivity index (χ2n) is 19.4. The highest BCUT2D eigenvalue weighted by molar-refractivity contribution is 5.98. The van der Waals surface area contributed by atoms with Crippen LogP contribution < -0.4 is 38.1 Å². The van der Waals surface area contributed by atoms with Crippen LogP contribution in [0.5, 0.6) is 5.75 Å². The van der Waals surface area contributed by atoms with Gasteiger partial charge in [-0.25, -0.2) is 4.79 Å². The molecule has 9 atom stereocenters. The molecule has 1 aromatic rings. The van der Waals surface area contributed by atoms with Crippen LogP contribution in [0.4, 0.5) is 0 Å². The van der Waals surface area contributed by atoms with Crippen molar-refractivity contribution in [2.24, 2.45) is 28.3 Å². The molecule has 72 heavy (non-hydrogen) atoms. The molecule has 3 rings (SSSR count). The van der Waals surface area contributed by atoms with Crippen LogP contribution in [0.3, 0.4) is 0 Å². The number of aliphatic imine (C=N–C) groups is 1. The quantitative estimate of drug-likeness (QED) is 0.0345. The number of carboxylic acid groups (broad SMARTS) is 1. The molecule has 9 unspecified atom stereocenters. The van der Waals surface area contributed by atoms with Crippen molar-refractivity contribution in [2.45, 2.75) is 186 Å². The summed E-state index contributed by atoms with van der Waals surface area (Å²) in [6.45, 7) is 10.1. The molecule has 12 N–H and O–H groups in total. The Balaban J connectivity index is 2.21. The number of carbonyl (C=O) groups excluding carboxylic acids is 8. The molecule has 0 aliphatic carbocycles. The third-order valence-electron chi connectivity index (χ3n) is 12.7. The van der Waals surface area contributed by atoms with E-state index < -0.39 is 120 Å². The Labute approximate surface area is 421 Å². The van der Waals surface area contributed by atoms with Crippen LogP contribution in [-0.4, -0.2) is 153 Å². The van der Waals surface area contributed by atoms with Gasteiger partial charge in [0.1, 0.15) is 60.4 Å². The van der Waals surface area contributed by atoms with Gasteiger partial charge in [0.2, 0.25) is 41.4 Å². The van der Waals surface area contributed by atoms with E-state index in [1.165, 1.54) is 26.1 Å². The fraction of sp³-hybridized carbons (Fsp3) is 0.673. The average Bonchev–Trinajstić information content (AvgIpc) is 3.30. The van der Waals surface area contributed by atoms with E-state index in [4.69, 9.17) is 16.2 Å². The number of nitrogens with two attached hydrogens (primary N) is 2. The molecule has 2 fully saturated rings. The van der Waals surface area contributed by atoms with Gasteiger partial charge in [0.25, 0.3) is 0 Å². The summed E-state index contributed by atoms with van der Waals surface area (Å²) in [7, 11) is 1.35. The zero-order valence-electron chi connectivity index (χ0n) is 42.7. The van der Waals surface area contributed by atoms with Gasteiger partial charge in [-0.05, 0) is 81.4 Å². The number of hydrogen-bond donors (Lipinski definition) is 10. The molecule has 2 aliphatic rings. The highest BCUT2D eigenvalue weighted by Gasteiger charge is 2.46. The number of carboxylic acids is 1. The monoisotopic (exact) mass is 1010 g/mol. The third-order valence-corrected chi connectivity index (χ3v) is 12.7. The first-order valence-electron chi connectivity index (χ1n) is 25.0. The number of nitrogens with zero attached hydrogens (tertiary/aromatic N) is 3. The molecule has 0 aromatic heterocycles. The lowest BCUT2D eigenvalue weighted by molar-refractivity contribution is -0.166. The third kappa shape index (κ3) is 18.6. The van der Waals surface area contributed by atoms with Crippen molar-refractivity contribution in [3.05, 3.63) is 29.8 Å². The molecular formula is C49H78N10O13. The number of esters is 1. The number of hydrogen-bond acceptors (Lipinski definition) is 13. The lowest BCUT2D eigenvalue weighted by Gasteiger charge is -2.43. The van der Waals surface area contributed by atoms with Crippen LogP contribution in [0.25, 0.3) is 0 Å². The highest BCUT2D eigenvalue weighted by Crippen LogP contribution is 2.27. The topological polar surface area (TPSA) is 355 Å². The lowest BCUT2D eigenvalue weighted by Crippen LogP contribution is -2.65. The Hall–Kier alpha value is -6.52. The number of amides is 7. The largest absolute Gasteiger partial charge is 0.508 e. The van der Waals surface area contributed by atoms with Crippen molar-refractivity contribution in [2.75, 3.05) is 13.6 Å². The zero-order chi connectivity index (χ0) is 53.8. The van der Waals surface area contributed by atoms with Crippen LogP contribution in [0.15, 0.2) is 29.3 Å². The predicted octanol–water partition coefficient (Wildman–Crippen LogP) is 0.421. The first-order valence-corrected chi connectivity index (χ1v) is 25.0. The van der Waals surface area contributed by atoms with Crippen molar-refractivity contribution >= 4 is 59.2 Å². The standard InChI is InChI=1S/C49H78N10O13/c1-8-9-10-11-12-15-37(61)53-33(21-23-39(63)64)43(66)57-41-29(6)72-48(71)40(28(4)5)56-44(67)35(26-30-16-18-31(60)19-17-30)58(7)47(70)36(25-27(2)3)59-38(62)22-20-34(46(59)69)55-42(65)32(54-45(41)68)14-13-24-52-49(50)51/h16-19,27-29,32-36,38,40-41,60,62H,8-15,20-26H2,1-7H3,(H,53,61)(H,54,68)(H,55,65)(H,56,67)(H,57,66)(H,63,64)(H4,50,51,52). The molecule has 2 bridgehead atoms. The van der Waals surface area contributed by atoms with E-state index >= 15 is 0 Å². The number of phenols is 1. The van der Waals surface area contributed by atoms with Crippen molar-refractivity contribution in [3.8, 4) is 5.75 Å². The Morgan fingerprint density at radius 1 is 0.861 bits per heavy atom. The minimum Gasteiger partial charge on any atom is -0.508 e. The minimum absolute atomic E-state index is 0.00458. The Morgan fingerprint density at radius 2 is 1.53 bits per heavy atom. The molecular weight excluding hydrogens is 937 g/mol. The second kappa shape index (κ2) is 29.1. The number of unbranched alkanes of at least 4 members (excludes halogenated alkanes) is 4. The molecule has 2 aliphatic heterocycles. The number of fused-ring (bicyclic) bond motifs is 2. The van der Waals surface area contributed by atoms with Gasteiger partial charge >= 0.3 is 11.9 Å². The van der Waals surface area contributed by atoms with E-state index in [1.54, 1.807) is 39.8 Å². The Bertz CT molecular complexity index is 2070. The first kappa shape index (κ1) is 59.8. The van der Waals surface area contributed by atoms with Gasteiger partial charge in [-0.3, -0.25) is 43.3 Å². The number of aliphatic carboxylic acids is 1. The normalized spacial score (nSPS) is 24.2. The smallest absolute Gasteiger partial charge is 0.329 e. The average molecular weight is 1020 g/mol. The summed E-state index contributed by atoms with van der Waals surface area (Å²) in [6, 6.07) is -4.39. The van der Waals surface area contributed by atoms with E-state index in [2.05, 4.69) is 31.6 Å². The molecule has 7 amide bonds. The van der Waals surface area contributed by atoms with Crippen LogP contribution in [0.1, 0.15) is 131 Å². The highest BCUT2D eigenvalue weighted by atomic mass is 16.5. The van der Waals surface area contributed by atoms with Crippen LogP contribution in [-0.2, 0) is 54.3 Å². The maximum Gasteiger partial charge on any atom is 0.329 e. The van der Waals surface area contributed by atoms with Crippen molar-refractivity contribution < 1.29 is 63.2 Å². The van der Waals surface area contributed by atoms with Crippen molar-refractivity contribution in [3.63, 3.8) is 0 Å². The van der Waals surface area contributed by atoms with E-state index in [1.807, 2.05) is 6.92 Å². The summed E-state index contributed by atoms with van der Waals surface area (Å²) in [5.74, 6) is -9.43. The number of aliphatic hydroxyl groups excluding tert-OH is 1. The molecule has 1 aromatic carbocycles. The van der Waals surface area contributed by atoms with Crippen molar-refractivity contribution in [1.29, 1.82) is 0 Å². The number of piperidine rings is 1. The SMILES string of the molecule is CCCCCCCC(=O)NC(CCC(=O)O)C(=O)NC1C(=O)NC(CCCN=C(N)N)C(=O)NC2CCC(O)N(C2=O)C(CC(C)C)C(=O)N(C)C(Cc2ccc(O)cc2)C(=O)NC(C(C)C)C(=O)OC1C. The number of nitrogens with one attached hydrogen (secondary N) is 5. The number of aliphatic hydroxyl groups is 1. The van der Waals surface area contributed by atoms with E-state index in [-0.39, 0.29) is 75.5 Å². The number of cyclic esters (lactones) is 1. The fourth-order valence-corrected chi connectivity index (χ4v) is 8.55. The molecule has 0 radical (unpaired) electrons. The molecule has 23 nitrogen and oxygen atoms in total. The van der Waals surface area contributed by atoms with Gasteiger partial charge in [-0.2, -0.15) is 0 Å². The molecule has 0 spiro atoms. The van der Waals surface area contributed by atoms with Crippen LogP contribution in [0.2, 0.25) is 0 Å². The molecule has 2 heterocycles. The van der Waals surface area contributed by atoms with Gasteiger partial charge in [-0.15, -0.1) is 0 Å². The number of ether oxygens (including phenoxy) is 1. The summed E-state index contributed by atoms with van der Waals surface area (Å²) >= 11 is 0. The predicted molar refractivity (Wildman–Crippen MR) is 264 cm³/mol. The summed E-state index contributed by atoms with van der Waals surface area (Å²) in [6.07, 6.45) is -0.193. The number of carbonyl (C=O) groups is 9. The number of phenolic OH excluding ortho intramolecular Hbond substituents is 1. The van der Waals surface area contributed by atoms with E-state index in [0.29, 0.717) is 12.0 Å². The Morgan fingerprint density at radius 3 is 2.14 bits per heavy atom. The Kier molecular flexibility index (Phi) is 24.2. The van der Waals surface area contributed by atoms with E-state index in [9.17, 15) is 58.5 Å². The maximum absolute atomic E-state index is 14.8. The van der Waals surface area contributed by atoms with Gasteiger partial charge in [0.15, 0.2) is 5.96 Å². The van der Waals surface area contributed by atoms with Gasteiger partial charge < -0.3 is 67.9 Å². The van der Waals surface area contributed by atoms with Crippen LogP contribution >= 0.6 is 0 Å². The summed E-state index contributed by atoms with van der Waals surface area (Å²) in [4.78, 5) is 132. The number of likely N-dealkylation sites (N-methyl/N-ethyl adjacent to an activating group) is 1. The number of aromatic hydroxyl groups is 1. The number of guanidine groups is 1. The van der Waals surface area contributed by atoms with Gasteiger partial charge in [-0.1, -0.05) is 72.4 Å². The molecule has 23 heteroatoms. The number of benzene rings is 1. The van der Waals surface area contributed by atoms with Gasteiger partial charge in [0.05, 0.1) is 0 Å². The summed E-state index contributed by atoms with van der Waals surface area (Å²) < 4.78 is 5.87. The summed E-state index contributed by atoms with van der Waals surface area (Å²) in [5.41, 5.74) is 11.6. The minimum atomic E-state index is -1.83. The van der Waals surface area contributed by atoms with E-state index in [0.717, 1.165) is 35.5 Å². The van der Waals surface area contributed by atoms with Gasteiger partial charge in [0, 0.05) is 32.9 Å². The first-order chi connectivity index (χ1) is 33.9. The fourth-order valence-electron chi connectivity index (χ4n) is 8.55. The molecule has 0 saturated carbocycles. The lowest BCUT2D eigenvalue weighted by atomic mass is 9.94. The maximum atomic E-state index is 14.8. The van der Waals surface area contributed by atoms with Crippen molar-refractivity contribution in [1.82, 2.24) is 36.4 Å². The second-order valence-corrected chi connectivity index (χ2v) is 19.4. The summed E-state index contributed by atoms with van der Waals surface area (Å²) in [5, 5.41) is 44.0.